The molecular formula is C10H13N3O. The second-order valence-corrected chi connectivity index (χ2v) is 2.75. The lowest BCUT2D eigenvalue weighted by Crippen LogP contribution is -2.04. The van der Waals surface area contributed by atoms with Crippen LogP contribution in [0, 0.1) is 0 Å². The van der Waals surface area contributed by atoms with Crippen molar-refractivity contribution in [2.45, 2.75) is 13.5 Å². The standard InChI is InChI=1S/C10H13N3O/c1-9(11)12-8-13-14-7-10-5-3-2-4-6-10/h2-6,8H,7H2,1H3,(H2,11,12,13). The third-order valence-corrected chi connectivity index (χ3v) is 1.46. The zero-order chi connectivity index (χ0) is 10.2. The van der Waals surface area contributed by atoms with Gasteiger partial charge in [0.2, 0.25) is 0 Å². The molecule has 14 heavy (non-hydrogen) atoms. The monoisotopic (exact) mass is 191 g/mol. The van der Waals surface area contributed by atoms with Gasteiger partial charge in [-0.15, -0.1) is 0 Å². The van der Waals surface area contributed by atoms with Crippen molar-refractivity contribution >= 4 is 12.2 Å². The van der Waals surface area contributed by atoms with E-state index >= 15 is 0 Å². The first-order valence-electron chi connectivity index (χ1n) is 4.26. The predicted octanol–water partition coefficient (Wildman–Crippen LogP) is 1.52. The highest BCUT2D eigenvalue weighted by atomic mass is 16.6. The SMILES string of the molecule is C/C(N)=N\C=N/OCc1ccccc1. The Morgan fingerprint density at radius 2 is 2.14 bits per heavy atom. The molecule has 0 saturated carbocycles. The molecule has 0 aliphatic heterocycles. The fraction of sp³-hybridized carbons (Fsp3) is 0.200. The smallest absolute Gasteiger partial charge is 0.156 e. The molecular weight excluding hydrogens is 178 g/mol. The van der Waals surface area contributed by atoms with Gasteiger partial charge in [-0.1, -0.05) is 35.5 Å². The van der Waals surface area contributed by atoms with Gasteiger partial charge in [-0.25, -0.2) is 4.99 Å². The van der Waals surface area contributed by atoms with Gasteiger partial charge < -0.3 is 10.6 Å². The second-order valence-electron chi connectivity index (χ2n) is 2.75. The molecule has 0 saturated heterocycles. The summed E-state index contributed by atoms with van der Waals surface area (Å²) in [4.78, 5) is 8.71. The molecule has 1 aromatic rings. The van der Waals surface area contributed by atoms with E-state index in [-0.39, 0.29) is 0 Å². The topological polar surface area (TPSA) is 60.0 Å². The lowest BCUT2D eigenvalue weighted by atomic mass is 10.2. The van der Waals surface area contributed by atoms with Crippen molar-refractivity contribution in [2.75, 3.05) is 0 Å². The van der Waals surface area contributed by atoms with Crippen LogP contribution >= 0.6 is 0 Å². The first-order chi connectivity index (χ1) is 6.79. The van der Waals surface area contributed by atoms with Gasteiger partial charge in [0.1, 0.15) is 6.61 Å². The molecule has 0 bridgehead atoms. The number of rotatable bonds is 4. The van der Waals surface area contributed by atoms with Gasteiger partial charge in [0.05, 0.1) is 5.84 Å². The molecule has 0 fully saturated rings. The van der Waals surface area contributed by atoms with Gasteiger partial charge in [-0.05, 0) is 12.5 Å². The van der Waals surface area contributed by atoms with Gasteiger partial charge >= 0.3 is 0 Å². The molecule has 0 radical (unpaired) electrons. The van der Waals surface area contributed by atoms with Crippen molar-refractivity contribution < 1.29 is 4.84 Å². The summed E-state index contributed by atoms with van der Waals surface area (Å²) in [6.45, 7) is 2.12. The molecule has 1 aromatic carbocycles. The van der Waals surface area contributed by atoms with Crippen molar-refractivity contribution in [3.05, 3.63) is 35.9 Å². The van der Waals surface area contributed by atoms with E-state index in [1.165, 1.54) is 6.34 Å². The Labute approximate surface area is 83.1 Å². The average Bonchev–Trinajstić information content (AvgIpc) is 2.18. The number of nitrogens with two attached hydrogens (primary N) is 1. The predicted molar refractivity (Wildman–Crippen MR) is 57.0 cm³/mol. The summed E-state index contributed by atoms with van der Waals surface area (Å²) < 4.78 is 0. The zero-order valence-corrected chi connectivity index (χ0v) is 8.05. The molecule has 0 aliphatic carbocycles. The van der Waals surface area contributed by atoms with E-state index in [2.05, 4.69) is 10.1 Å². The number of oxime groups is 1. The number of amidine groups is 1. The van der Waals surface area contributed by atoms with E-state index in [1.807, 2.05) is 30.3 Å². The summed E-state index contributed by atoms with van der Waals surface area (Å²) in [6, 6.07) is 9.78. The summed E-state index contributed by atoms with van der Waals surface area (Å²) in [5, 5.41) is 3.61. The number of nitrogens with zero attached hydrogens (tertiary/aromatic N) is 2. The fourth-order valence-electron chi connectivity index (χ4n) is 0.834. The molecule has 0 aliphatic rings. The van der Waals surface area contributed by atoms with Gasteiger partial charge in [0.25, 0.3) is 0 Å². The van der Waals surface area contributed by atoms with Crippen molar-refractivity contribution in [3.8, 4) is 0 Å². The summed E-state index contributed by atoms with van der Waals surface area (Å²) in [7, 11) is 0. The highest BCUT2D eigenvalue weighted by Crippen LogP contribution is 1.99. The Kier molecular flexibility index (Phi) is 4.20. The average molecular weight is 191 g/mol. The highest BCUT2D eigenvalue weighted by Gasteiger charge is 1.88. The van der Waals surface area contributed by atoms with Gasteiger partial charge in [0.15, 0.2) is 6.34 Å². The molecule has 0 spiro atoms. The molecule has 1 rings (SSSR count). The van der Waals surface area contributed by atoms with E-state index < -0.39 is 0 Å². The van der Waals surface area contributed by atoms with Crippen LogP contribution in [0.1, 0.15) is 12.5 Å². The molecule has 4 heteroatoms. The molecule has 74 valence electrons. The quantitative estimate of drug-likeness (QED) is 0.445. The van der Waals surface area contributed by atoms with Crippen LogP contribution in [0.3, 0.4) is 0 Å². The third-order valence-electron chi connectivity index (χ3n) is 1.46. The molecule has 0 atom stereocenters. The van der Waals surface area contributed by atoms with Gasteiger partial charge in [-0.3, -0.25) is 0 Å². The minimum absolute atomic E-state index is 0.441. The van der Waals surface area contributed by atoms with Crippen LogP contribution in [-0.2, 0) is 11.4 Å². The van der Waals surface area contributed by atoms with Gasteiger partial charge in [-0.2, -0.15) is 0 Å². The Hall–Kier alpha value is -1.84. The second kappa shape index (κ2) is 5.75. The van der Waals surface area contributed by atoms with Crippen LogP contribution in [0.2, 0.25) is 0 Å². The maximum absolute atomic E-state index is 5.29. The highest BCUT2D eigenvalue weighted by molar-refractivity contribution is 5.84. The molecule has 0 aromatic heterocycles. The van der Waals surface area contributed by atoms with Crippen LogP contribution in [-0.4, -0.2) is 12.2 Å². The molecule has 0 unspecified atom stereocenters. The van der Waals surface area contributed by atoms with E-state index in [0.29, 0.717) is 12.4 Å². The lowest BCUT2D eigenvalue weighted by Gasteiger charge is -1.97. The van der Waals surface area contributed by atoms with Crippen LogP contribution in [0.5, 0.6) is 0 Å². The van der Waals surface area contributed by atoms with Crippen molar-refractivity contribution in [1.82, 2.24) is 0 Å². The van der Waals surface area contributed by atoms with Crippen molar-refractivity contribution in [1.29, 1.82) is 0 Å². The van der Waals surface area contributed by atoms with Crippen LogP contribution < -0.4 is 5.73 Å². The van der Waals surface area contributed by atoms with Crippen LogP contribution in [0.4, 0.5) is 0 Å². The number of aliphatic imine (C=N–C) groups is 1. The minimum Gasteiger partial charge on any atom is -0.390 e. The van der Waals surface area contributed by atoms with Crippen molar-refractivity contribution in [3.63, 3.8) is 0 Å². The molecule has 2 N–H and O–H groups in total. The maximum Gasteiger partial charge on any atom is 0.156 e. The summed E-state index contributed by atoms with van der Waals surface area (Å²) >= 11 is 0. The van der Waals surface area contributed by atoms with E-state index in [0.717, 1.165) is 5.56 Å². The van der Waals surface area contributed by atoms with Crippen LogP contribution in [0.25, 0.3) is 0 Å². The molecule has 4 nitrogen and oxygen atoms in total. The number of hydrogen-bond donors (Lipinski definition) is 1. The van der Waals surface area contributed by atoms with Crippen molar-refractivity contribution in [2.24, 2.45) is 15.9 Å². The summed E-state index contributed by atoms with van der Waals surface area (Å²) in [6.07, 6.45) is 1.29. The number of hydrogen-bond acceptors (Lipinski definition) is 2. The van der Waals surface area contributed by atoms with E-state index in [9.17, 15) is 0 Å². The fourth-order valence-corrected chi connectivity index (χ4v) is 0.834. The maximum atomic E-state index is 5.29. The first-order valence-corrected chi connectivity index (χ1v) is 4.26. The Balaban J connectivity index is 2.29. The van der Waals surface area contributed by atoms with E-state index in [1.54, 1.807) is 6.92 Å². The summed E-state index contributed by atoms with van der Waals surface area (Å²) in [5.41, 5.74) is 6.36. The lowest BCUT2D eigenvalue weighted by molar-refractivity contribution is 0.131. The third kappa shape index (κ3) is 4.25. The first kappa shape index (κ1) is 10.2. The van der Waals surface area contributed by atoms with Crippen LogP contribution in [0.15, 0.2) is 40.5 Å². The van der Waals surface area contributed by atoms with E-state index in [4.69, 9.17) is 10.6 Å². The molecule has 0 amide bonds. The summed E-state index contributed by atoms with van der Waals surface area (Å²) in [5.74, 6) is 0.456. The normalized spacial score (nSPS) is 11.9. The number of benzene rings is 1. The largest absolute Gasteiger partial charge is 0.390 e. The zero-order valence-electron chi connectivity index (χ0n) is 8.05. The van der Waals surface area contributed by atoms with Gasteiger partial charge in [0, 0.05) is 0 Å². The molecule has 0 heterocycles. The Morgan fingerprint density at radius 3 is 2.79 bits per heavy atom. The minimum atomic E-state index is 0.441. The Bertz CT molecular complexity index is 315. The Morgan fingerprint density at radius 1 is 1.43 bits per heavy atom.